The monoisotopic (exact) mass is 396 g/mol. The molecule has 0 saturated carbocycles. The number of halogens is 1. The van der Waals surface area contributed by atoms with E-state index in [0.717, 1.165) is 27.9 Å². The number of pyridine rings is 2. The topological polar surface area (TPSA) is 109 Å². The number of H-pyrrole nitrogens is 2. The molecule has 9 heteroatoms. The summed E-state index contributed by atoms with van der Waals surface area (Å²) >= 11 is 6.36. The van der Waals surface area contributed by atoms with Crippen LogP contribution in [0.5, 0.6) is 5.88 Å². The lowest BCUT2D eigenvalue weighted by Crippen LogP contribution is -2.13. The molecule has 0 aliphatic heterocycles. The summed E-state index contributed by atoms with van der Waals surface area (Å²) in [6.07, 6.45) is 3.21. The predicted octanol–water partition coefficient (Wildman–Crippen LogP) is 3.88. The first-order valence-electron chi connectivity index (χ1n) is 8.48. The van der Waals surface area contributed by atoms with Crippen LogP contribution < -0.4 is 10.1 Å². The van der Waals surface area contributed by atoms with E-state index in [2.05, 4.69) is 30.5 Å². The van der Waals surface area contributed by atoms with E-state index in [-0.39, 0.29) is 5.91 Å². The summed E-state index contributed by atoms with van der Waals surface area (Å²) in [6, 6.07) is 5.53. The van der Waals surface area contributed by atoms with E-state index in [4.69, 9.17) is 16.3 Å². The number of hydrogen-bond acceptors (Lipinski definition) is 5. The van der Waals surface area contributed by atoms with Crippen LogP contribution in [0.1, 0.15) is 21.7 Å². The fourth-order valence-corrected chi connectivity index (χ4v) is 3.19. The number of nitrogens with zero attached hydrogens (tertiary/aromatic N) is 3. The number of carbonyl (C=O) groups is 1. The van der Waals surface area contributed by atoms with E-state index in [0.29, 0.717) is 27.9 Å². The average Bonchev–Trinajstić information content (AvgIpc) is 3.25. The van der Waals surface area contributed by atoms with E-state index in [1.807, 2.05) is 26.0 Å². The zero-order valence-electron chi connectivity index (χ0n) is 15.4. The lowest BCUT2D eigenvalue weighted by Gasteiger charge is -2.05. The number of ether oxygens (including phenoxy) is 1. The number of fused-ring (bicyclic) bond motifs is 1. The molecule has 4 aromatic heterocycles. The highest BCUT2D eigenvalue weighted by Crippen LogP contribution is 2.34. The van der Waals surface area contributed by atoms with Gasteiger partial charge < -0.3 is 15.0 Å². The first-order valence-corrected chi connectivity index (χ1v) is 8.86. The van der Waals surface area contributed by atoms with E-state index >= 15 is 0 Å². The molecule has 0 unspecified atom stereocenters. The van der Waals surface area contributed by atoms with Gasteiger partial charge in [-0.2, -0.15) is 5.10 Å². The molecule has 0 aliphatic rings. The minimum absolute atomic E-state index is 0.291. The second kappa shape index (κ2) is 6.97. The van der Waals surface area contributed by atoms with Crippen molar-refractivity contribution in [1.82, 2.24) is 25.1 Å². The van der Waals surface area contributed by atoms with Gasteiger partial charge in [0.15, 0.2) is 5.69 Å². The summed E-state index contributed by atoms with van der Waals surface area (Å²) in [5, 5.41) is 10.9. The molecule has 3 N–H and O–H groups in total. The number of aryl methyl sites for hydroxylation is 1. The van der Waals surface area contributed by atoms with Crippen molar-refractivity contribution < 1.29 is 9.53 Å². The van der Waals surface area contributed by atoms with Gasteiger partial charge in [0.2, 0.25) is 5.88 Å². The number of methoxy groups -OCH3 is 1. The Kier molecular flexibility index (Phi) is 4.48. The smallest absolute Gasteiger partial charge is 0.276 e. The van der Waals surface area contributed by atoms with Crippen molar-refractivity contribution in [3.05, 3.63) is 52.6 Å². The van der Waals surface area contributed by atoms with E-state index < -0.39 is 0 Å². The van der Waals surface area contributed by atoms with Gasteiger partial charge in [0, 0.05) is 34.1 Å². The number of nitrogens with one attached hydrogen (secondary N) is 3. The van der Waals surface area contributed by atoms with Gasteiger partial charge in [-0.05, 0) is 32.0 Å². The highest BCUT2D eigenvalue weighted by Gasteiger charge is 2.16. The highest BCUT2D eigenvalue weighted by molar-refractivity contribution is 6.34. The third-order valence-electron chi connectivity index (χ3n) is 4.54. The molecule has 0 aromatic carbocycles. The van der Waals surface area contributed by atoms with Gasteiger partial charge in [0.05, 0.1) is 19.0 Å². The zero-order valence-corrected chi connectivity index (χ0v) is 16.2. The van der Waals surface area contributed by atoms with Crippen LogP contribution in [-0.2, 0) is 0 Å². The molecular weight excluding hydrogens is 380 g/mol. The van der Waals surface area contributed by atoms with E-state index in [1.54, 1.807) is 18.5 Å². The Morgan fingerprint density at radius 1 is 1.25 bits per heavy atom. The Bertz CT molecular complexity index is 1200. The van der Waals surface area contributed by atoms with Gasteiger partial charge in [0.1, 0.15) is 10.7 Å². The maximum Gasteiger partial charge on any atom is 0.276 e. The first kappa shape index (κ1) is 18.0. The third-order valence-corrected chi connectivity index (χ3v) is 4.90. The minimum atomic E-state index is -0.291. The highest BCUT2D eigenvalue weighted by atomic mass is 35.5. The minimum Gasteiger partial charge on any atom is -0.480 e. The van der Waals surface area contributed by atoms with Crippen LogP contribution in [0.15, 0.2) is 30.6 Å². The van der Waals surface area contributed by atoms with Gasteiger partial charge in [0.25, 0.3) is 5.91 Å². The number of aromatic nitrogens is 5. The molecule has 0 radical (unpaired) electrons. The molecule has 0 atom stereocenters. The molecule has 0 fully saturated rings. The SMILES string of the molecule is COc1nccc(-c2cc3cc(NC(=O)c4n[nH]c(C)c4C)cnc3[nH]2)c1Cl. The van der Waals surface area contributed by atoms with Crippen molar-refractivity contribution in [1.29, 1.82) is 0 Å². The van der Waals surface area contributed by atoms with E-state index in [1.165, 1.54) is 7.11 Å². The van der Waals surface area contributed by atoms with Crippen molar-refractivity contribution in [2.45, 2.75) is 13.8 Å². The largest absolute Gasteiger partial charge is 0.480 e. The predicted molar refractivity (Wildman–Crippen MR) is 107 cm³/mol. The van der Waals surface area contributed by atoms with Crippen LogP contribution in [0, 0.1) is 13.8 Å². The van der Waals surface area contributed by atoms with Gasteiger partial charge in [-0.15, -0.1) is 0 Å². The Morgan fingerprint density at radius 3 is 2.79 bits per heavy atom. The Morgan fingerprint density at radius 2 is 2.07 bits per heavy atom. The molecule has 0 aliphatic carbocycles. The fourth-order valence-electron chi connectivity index (χ4n) is 2.90. The molecule has 0 saturated heterocycles. The van der Waals surface area contributed by atoms with Crippen LogP contribution in [0.25, 0.3) is 22.3 Å². The van der Waals surface area contributed by atoms with Crippen LogP contribution in [-0.4, -0.2) is 38.2 Å². The van der Waals surface area contributed by atoms with Gasteiger partial charge in [-0.1, -0.05) is 11.6 Å². The summed E-state index contributed by atoms with van der Waals surface area (Å²) in [5.74, 6) is 0.0593. The molecule has 4 aromatic rings. The molecule has 4 rings (SSSR count). The standard InChI is InChI=1S/C19H17ClN6O2/c1-9-10(2)25-26-16(9)18(27)23-12-6-11-7-14(24-17(11)22-8-12)13-4-5-21-19(28-3)15(13)20/h4-8H,1-3H3,(H,22,24)(H,23,27)(H,25,26). The summed E-state index contributed by atoms with van der Waals surface area (Å²) in [7, 11) is 1.52. The van der Waals surface area contributed by atoms with Crippen LogP contribution in [0.2, 0.25) is 5.02 Å². The number of rotatable bonds is 4. The van der Waals surface area contributed by atoms with Crippen LogP contribution >= 0.6 is 11.6 Å². The lowest BCUT2D eigenvalue weighted by molar-refractivity contribution is 0.102. The third kappa shape index (κ3) is 3.07. The van der Waals surface area contributed by atoms with Crippen molar-refractivity contribution in [3.8, 4) is 17.1 Å². The van der Waals surface area contributed by atoms with Gasteiger partial charge in [-0.3, -0.25) is 9.89 Å². The summed E-state index contributed by atoms with van der Waals surface area (Å²) < 4.78 is 5.17. The molecule has 1 amide bonds. The maximum absolute atomic E-state index is 12.5. The van der Waals surface area contributed by atoms with Gasteiger partial charge >= 0.3 is 0 Å². The molecule has 28 heavy (non-hydrogen) atoms. The molecule has 8 nitrogen and oxygen atoms in total. The molecule has 0 bridgehead atoms. The lowest BCUT2D eigenvalue weighted by atomic mass is 10.2. The normalized spacial score (nSPS) is 11.0. The molecular formula is C19H17ClN6O2. The van der Waals surface area contributed by atoms with E-state index in [9.17, 15) is 4.79 Å². The second-order valence-corrected chi connectivity index (χ2v) is 6.68. The Hall–Kier alpha value is -3.39. The Balaban J connectivity index is 1.65. The number of anilines is 1. The summed E-state index contributed by atoms with van der Waals surface area (Å²) in [4.78, 5) is 24.1. The first-order chi connectivity index (χ1) is 13.5. The molecule has 0 spiro atoms. The van der Waals surface area contributed by atoms with Gasteiger partial charge in [-0.25, -0.2) is 9.97 Å². The average molecular weight is 397 g/mol. The van der Waals surface area contributed by atoms with Crippen molar-refractivity contribution in [3.63, 3.8) is 0 Å². The second-order valence-electron chi connectivity index (χ2n) is 6.30. The summed E-state index contributed by atoms with van der Waals surface area (Å²) in [5.41, 5.74) is 4.81. The maximum atomic E-state index is 12.5. The van der Waals surface area contributed by atoms with Crippen LogP contribution in [0.3, 0.4) is 0 Å². The Labute approximate surface area is 165 Å². The number of carbonyl (C=O) groups excluding carboxylic acids is 1. The van der Waals surface area contributed by atoms with Crippen molar-refractivity contribution in [2.24, 2.45) is 0 Å². The molecule has 142 valence electrons. The summed E-state index contributed by atoms with van der Waals surface area (Å²) in [6.45, 7) is 3.72. The molecule has 4 heterocycles. The van der Waals surface area contributed by atoms with Crippen molar-refractivity contribution >= 4 is 34.2 Å². The number of hydrogen-bond donors (Lipinski definition) is 3. The number of aromatic amines is 2. The zero-order chi connectivity index (χ0) is 19.8. The van der Waals surface area contributed by atoms with Crippen LogP contribution in [0.4, 0.5) is 5.69 Å². The number of amides is 1. The van der Waals surface area contributed by atoms with Crippen molar-refractivity contribution in [2.75, 3.05) is 12.4 Å². The quantitative estimate of drug-likeness (QED) is 0.485. The fraction of sp³-hybridized carbons (Fsp3) is 0.158.